The van der Waals surface area contributed by atoms with E-state index in [4.69, 9.17) is 10.4 Å². The Hall–Kier alpha value is -3.88. The minimum absolute atomic E-state index is 0.180. The molecule has 0 aliphatic carbocycles. The molecule has 0 spiro atoms. The van der Waals surface area contributed by atoms with Crippen molar-refractivity contribution in [2.75, 3.05) is 18.0 Å². The van der Waals surface area contributed by atoms with E-state index in [-0.39, 0.29) is 16.4 Å². The van der Waals surface area contributed by atoms with Gasteiger partial charge in [-0.05, 0) is 87.9 Å². The Morgan fingerprint density at radius 2 is 1.36 bits per heavy atom. The number of nitriles is 1. The second kappa shape index (κ2) is 10.4. The van der Waals surface area contributed by atoms with Crippen LogP contribution in [0.25, 0.3) is 30.4 Å². The first-order valence-electron chi connectivity index (χ1n) is 13.4. The number of rotatable bonds is 6. The minimum atomic E-state index is -1.21. The molecule has 2 aromatic carbocycles. The number of aliphatic carboxylic acids is 1. The van der Waals surface area contributed by atoms with Gasteiger partial charge in [0.1, 0.15) is 11.6 Å². The van der Waals surface area contributed by atoms with E-state index in [1.807, 2.05) is 24.3 Å². The second-order valence-corrected chi connectivity index (χ2v) is 12.9. The molecule has 0 radical (unpaired) electrons. The number of hydrogen-bond donors (Lipinski definition) is 1. The standard InChI is InChI=1S/C34H34N2O2S/c1-33(2)15-17-36-18-16-34(3,4)30-20-25(19-29(33)31(30)36)10-9-23-5-7-24(8-6-23)11-12-27-13-14-28(39-27)21-26(22-35)32(37)38/h5-14,19-21H,15-18H2,1-4H3,(H,37,38)/b10-9+,12-11+,26-21-. The maximum Gasteiger partial charge on any atom is 0.346 e. The fourth-order valence-electron chi connectivity index (χ4n) is 5.47. The van der Waals surface area contributed by atoms with Crippen LogP contribution in [0.4, 0.5) is 5.69 Å². The number of carbonyl (C=O) groups is 1. The predicted molar refractivity (Wildman–Crippen MR) is 164 cm³/mol. The molecule has 0 saturated heterocycles. The van der Waals surface area contributed by atoms with Crippen molar-refractivity contribution < 1.29 is 9.90 Å². The molecule has 0 fully saturated rings. The third-order valence-corrected chi connectivity index (χ3v) is 9.05. The molecule has 0 amide bonds. The first-order chi connectivity index (χ1) is 18.6. The fraction of sp³-hybridized carbons (Fsp3) is 0.294. The largest absolute Gasteiger partial charge is 0.477 e. The summed E-state index contributed by atoms with van der Waals surface area (Å²) >= 11 is 1.45. The van der Waals surface area contributed by atoms with E-state index in [0.29, 0.717) is 0 Å². The number of carboxylic acid groups (broad SMARTS) is 1. The van der Waals surface area contributed by atoms with Gasteiger partial charge in [0.05, 0.1) is 0 Å². The summed E-state index contributed by atoms with van der Waals surface area (Å²) in [6.07, 6.45) is 12.3. The average Bonchev–Trinajstić information content (AvgIpc) is 3.36. The molecule has 0 unspecified atom stereocenters. The zero-order valence-corrected chi connectivity index (χ0v) is 23.8. The molecule has 5 heteroatoms. The van der Waals surface area contributed by atoms with Crippen LogP contribution < -0.4 is 4.90 Å². The van der Waals surface area contributed by atoms with E-state index in [1.54, 1.807) is 6.07 Å². The third-order valence-electron chi connectivity index (χ3n) is 8.05. The summed E-state index contributed by atoms with van der Waals surface area (Å²) in [4.78, 5) is 15.4. The van der Waals surface area contributed by atoms with Gasteiger partial charge in [0.15, 0.2) is 0 Å². The van der Waals surface area contributed by atoms with Gasteiger partial charge in [0, 0.05) is 28.5 Å². The lowest BCUT2D eigenvalue weighted by Crippen LogP contribution is -2.44. The Kier molecular flexibility index (Phi) is 7.09. The number of anilines is 1. The van der Waals surface area contributed by atoms with Crippen molar-refractivity contribution in [3.63, 3.8) is 0 Å². The van der Waals surface area contributed by atoms with Gasteiger partial charge in [-0.1, -0.05) is 70.2 Å². The summed E-state index contributed by atoms with van der Waals surface area (Å²) < 4.78 is 0. The molecular weight excluding hydrogens is 500 g/mol. The molecule has 0 bridgehead atoms. The molecule has 5 rings (SSSR count). The SMILES string of the molecule is CC1(C)CCN2CCC(C)(C)c3cc(/C=C/c4ccc(/C=C/c5ccc(/C=C(/C#N)C(=O)O)s5)cc4)cc1c32. The molecule has 3 heterocycles. The summed E-state index contributed by atoms with van der Waals surface area (Å²) in [5.41, 5.74) is 8.05. The summed E-state index contributed by atoms with van der Waals surface area (Å²) in [7, 11) is 0. The molecule has 39 heavy (non-hydrogen) atoms. The molecule has 1 N–H and O–H groups in total. The predicted octanol–water partition coefficient (Wildman–Crippen LogP) is 8.25. The second-order valence-electron chi connectivity index (χ2n) is 11.8. The van der Waals surface area contributed by atoms with E-state index in [9.17, 15) is 4.79 Å². The zero-order chi connectivity index (χ0) is 27.8. The maximum atomic E-state index is 11.1. The van der Waals surface area contributed by atoms with Gasteiger partial charge in [-0.3, -0.25) is 0 Å². The van der Waals surface area contributed by atoms with Gasteiger partial charge < -0.3 is 10.0 Å². The Balaban J connectivity index is 1.33. The van der Waals surface area contributed by atoms with E-state index >= 15 is 0 Å². The van der Waals surface area contributed by atoms with Crippen LogP contribution in [0.3, 0.4) is 0 Å². The highest BCUT2D eigenvalue weighted by atomic mass is 32.1. The lowest BCUT2D eigenvalue weighted by molar-refractivity contribution is -0.132. The Labute approximate surface area is 235 Å². The van der Waals surface area contributed by atoms with Gasteiger partial charge in [0.2, 0.25) is 0 Å². The lowest BCUT2D eigenvalue weighted by atomic mass is 9.69. The topological polar surface area (TPSA) is 64.3 Å². The molecule has 1 aromatic heterocycles. The molecule has 198 valence electrons. The monoisotopic (exact) mass is 534 g/mol. The van der Waals surface area contributed by atoms with Gasteiger partial charge in [-0.2, -0.15) is 5.26 Å². The highest BCUT2D eigenvalue weighted by Gasteiger charge is 2.39. The Bertz CT molecular complexity index is 1500. The Morgan fingerprint density at radius 1 is 0.846 bits per heavy atom. The first kappa shape index (κ1) is 26.7. The van der Waals surface area contributed by atoms with Crippen molar-refractivity contribution in [3.8, 4) is 6.07 Å². The minimum Gasteiger partial charge on any atom is -0.477 e. The van der Waals surface area contributed by atoms with Crippen LogP contribution in [0.15, 0.2) is 54.1 Å². The van der Waals surface area contributed by atoms with Crippen LogP contribution in [0.1, 0.15) is 78.1 Å². The highest BCUT2D eigenvalue weighted by Crippen LogP contribution is 2.49. The number of thiophene rings is 1. The van der Waals surface area contributed by atoms with Crippen molar-refractivity contribution in [1.82, 2.24) is 0 Å². The van der Waals surface area contributed by atoms with Crippen LogP contribution in [0.5, 0.6) is 0 Å². The van der Waals surface area contributed by atoms with Crippen molar-refractivity contribution in [3.05, 3.63) is 91.7 Å². The number of carboxylic acids is 1. The average molecular weight is 535 g/mol. The Morgan fingerprint density at radius 3 is 1.90 bits per heavy atom. The van der Waals surface area contributed by atoms with Crippen LogP contribution >= 0.6 is 11.3 Å². The van der Waals surface area contributed by atoms with Crippen molar-refractivity contribution in [2.45, 2.75) is 51.4 Å². The summed E-state index contributed by atoms with van der Waals surface area (Å²) in [6, 6.07) is 18.7. The summed E-state index contributed by atoms with van der Waals surface area (Å²) in [5, 5.41) is 18.0. The van der Waals surface area contributed by atoms with Gasteiger partial charge >= 0.3 is 5.97 Å². The highest BCUT2D eigenvalue weighted by molar-refractivity contribution is 7.13. The van der Waals surface area contributed by atoms with E-state index in [2.05, 4.69) is 81.1 Å². The van der Waals surface area contributed by atoms with Crippen LogP contribution in [-0.4, -0.2) is 24.2 Å². The molecule has 2 aliphatic heterocycles. The quantitative estimate of drug-likeness (QED) is 0.196. The van der Waals surface area contributed by atoms with Crippen LogP contribution in [0.2, 0.25) is 0 Å². The van der Waals surface area contributed by atoms with Crippen LogP contribution in [-0.2, 0) is 15.6 Å². The smallest absolute Gasteiger partial charge is 0.346 e. The maximum absolute atomic E-state index is 11.1. The molecule has 2 aliphatic rings. The fourth-order valence-corrected chi connectivity index (χ4v) is 6.33. The molecule has 4 nitrogen and oxygen atoms in total. The number of nitrogens with zero attached hydrogens (tertiary/aromatic N) is 2. The molecule has 0 atom stereocenters. The van der Waals surface area contributed by atoms with Gasteiger partial charge in [-0.25, -0.2) is 4.79 Å². The first-order valence-corrected chi connectivity index (χ1v) is 14.2. The van der Waals surface area contributed by atoms with Crippen molar-refractivity contribution >= 4 is 53.4 Å². The third kappa shape index (κ3) is 5.62. The molecular formula is C34H34N2O2S. The normalized spacial score (nSPS) is 17.8. The van der Waals surface area contributed by atoms with Crippen LogP contribution in [0, 0.1) is 11.3 Å². The lowest BCUT2D eigenvalue weighted by Gasteiger charge is -2.48. The zero-order valence-electron chi connectivity index (χ0n) is 23.0. The molecule has 0 saturated carbocycles. The van der Waals surface area contributed by atoms with Gasteiger partial charge in [-0.15, -0.1) is 11.3 Å². The summed E-state index contributed by atoms with van der Waals surface area (Å²) in [6.45, 7) is 11.8. The molecule has 3 aromatic rings. The summed E-state index contributed by atoms with van der Waals surface area (Å²) in [5.74, 6) is -1.21. The van der Waals surface area contributed by atoms with E-state index in [0.717, 1.165) is 34.0 Å². The van der Waals surface area contributed by atoms with E-state index in [1.165, 1.54) is 52.6 Å². The van der Waals surface area contributed by atoms with Crippen molar-refractivity contribution in [2.24, 2.45) is 0 Å². The number of hydrogen-bond acceptors (Lipinski definition) is 4. The van der Waals surface area contributed by atoms with E-state index < -0.39 is 5.97 Å². The van der Waals surface area contributed by atoms with Crippen molar-refractivity contribution in [1.29, 1.82) is 5.26 Å². The number of benzene rings is 2. The van der Waals surface area contributed by atoms with Gasteiger partial charge in [0.25, 0.3) is 0 Å².